The van der Waals surface area contributed by atoms with Gasteiger partial charge in [-0.15, -0.1) is 0 Å². The lowest BCUT2D eigenvalue weighted by Gasteiger charge is -2.14. The first kappa shape index (κ1) is 10.9. The lowest BCUT2D eigenvalue weighted by atomic mass is 10.0. The van der Waals surface area contributed by atoms with Crippen LogP contribution in [-0.2, 0) is 0 Å². The van der Waals surface area contributed by atoms with Crippen LogP contribution in [-0.4, -0.2) is 16.5 Å². The molecule has 1 heterocycles. The van der Waals surface area contributed by atoms with E-state index < -0.39 is 0 Å². The van der Waals surface area contributed by atoms with Gasteiger partial charge in [-0.05, 0) is 24.7 Å². The minimum atomic E-state index is 0.361. The van der Waals surface area contributed by atoms with Crippen molar-refractivity contribution in [3.63, 3.8) is 0 Å². The average Bonchev–Trinajstić information content (AvgIpc) is 3.08. The molecule has 0 amide bonds. The standard InChI is InChI=1S/C12H16N4/c1-2-3-12(4-5-12)9-16-11-8-14-10(6-13)7-15-11/h7-8H,2-5,9H2,1H3,(H,15,16). The first-order chi connectivity index (χ1) is 7.78. The second-order valence-corrected chi connectivity index (χ2v) is 4.50. The van der Waals surface area contributed by atoms with Crippen LogP contribution >= 0.6 is 0 Å². The van der Waals surface area contributed by atoms with Crippen molar-refractivity contribution in [1.82, 2.24) is 9.97 Å². The first-order valence-corrected chi connectivity index (χ1v) is 5.74. The van der Waals surface area contributed by atoms with Crippen LogP contribution in [0.1, 0.15) is 38.3 Å². The smallest absolute Gasteiger partial charge is 0.158 e. The molecule has 1 aromatic heterocycles. The first-order valence-electron chi connectivity index (χ1n) is 5.74. The lowest BCUT2D eigenvalue weighted by Crippen LogP contribution is -2.16. The number of hydrogen-bond donors (Lipinski definition) is 1. The molecule has 1 aliphatic rings. The maximum atomic E-state index is 8.59. The Labute approximate surface area is 95.7 Å². The van der Waals surface area contributed by atoms with Gasteiger partial charge in [-0.25, -0.2) is 9.97 Å². The summed E-state index contributed by atoms with van der Waals surface area (Å²) in [7, 11) is 0. The van der Waals surface area contributed by atoms with Crippen molar-refractivity contribution in [2.75, 3.05) is 11.9 Å². The largest absolute Gasteiger partial charge is 0.368 e. The highest BCUT2D eigenvalue weighted by atomic mass is 15.0. The van der Waals surface area contributed by atoms with E-state index in [0.717, 1.165) is 12.4 Å². The summed E-state index contributed by atoms with van der Waals surface area (Å²) < 4.78 is 0. The van der Waals surface area contributed by atoms with Gasteiger partial charge in [-0.1, -0.05) is 13.3 Å². The molecule has 0 aliphatic heterocycles. The van der Waals surface area contributed by atoms with Crippen LogP contribution in [0.2, 0.25) is 0 Å². The molecule has 1 fully saturated rings. The van der Waals surface area contributed by atoms with Gasteiger partial charge >= 0.3 is 0 Å². The zero-order valence-corrected chi connectivity index (χ0v) is 9.53. The van der Waals surface area contributed by atoms with Gasteiger partial charge in [-0.2, -0.15) is 5.26 Å². The molecule has 1 aromatic rings. The van der Waals surface area contributed by atoms with E-state index in [1.54, 1.807) is 6.20 Å². The SMILES string of the molecule is CCCC1(CNc2cnc(C#N)cn2)CC1. The predicted molar refractivity (Wildman–Crippen MR) is 61.8 cm³/mol. The molecule has 0 radical (unpaired) electrons. The Hall–Kier alpha value is -1.63. The van der Waals surface area contributed by atoms with Crippen molar-refractivity contribution in [2.24, 2.45) is 5.41 Å². The fourth-order valence-corrected chi connectivity index (χ4v) is 1.98. The van der Waals surface area contributed by atoms with Crippen LogP contribution in [0, 0.1) is 16.7 Å². The normalized spacial score (nSPS) is 16.5. The number of nitrogens with zero attached hydrogens (tertiary/aromatic N) is 3. The van der Waals surface area contributed by atoms with E-state index in [2.05, 4.69) is 22.2 Å². The lowest BCUT2D eigenvalue weighted by molar-refractivity contribution is 0.485. The summed E-state index contributed by atoms with van der Waals surface area (Å²) in [5.74, 6) is 0.765. The molecule has 16 heavy (non-hydrogen) atoms. The number of anilines is 1. The highest BCUT2D eigenvalue weighted by Crippen LogP contribution is 2.49. The minimum absolute atomic E-state index is 0.361. The van der Waals surface area contributed by atoms with Crippen LogP contribution in [0.3, 0.4) is 0 Å². The van der Waals surface area contributed by atoms with Crippen LogP contribution in [0.5, 0.6) is 0 Å². The van der Waals surface area contributed by atoms with Crippen LogP contribution in [0.15, 0.2) is 12.4 Å². The molecule has 84 valence electrons. The molecular formula is C12H16N4. The van der Waals surface area contributed by atoms with Gasteiger partial charge < -0.3 is 5.32 Å². The second kappa shape index (κ2) is 4.48. The molecule has 0 bridgehead atoms. The maximum absolute atomic E-state index is 8.59. The van der Waals surface area contributed by atoms with Gasteiger partial charge in [0, 0.05) is 6.54 Å². The van der Waals surface area contributed by atoms with Crippen molar-refractivity contribution in [3.05, 3.63) is 18.1 Å². The van der Waals surface area contributed by atoms with E-state index >= 15 is 0 Å². The van der Waals surface area contributed by atoms with E-state index in [1.165, 1.54) is 31.9 Å². The molecule has 0 unspecified atom stereocenters. The Balaban J connectivity index is 1.88. The Bertz CT molecular complexity index is 386. The third-order valence-corrected chi connectivity index (χ3v) is 3.15. The van der Waals surface area contributed by atoms with Gasteiger partial charge in [0.15, 0.2) is 5.69 Å². The molecule has 4 heteroatoms. The van der Waals surface area contributed by atoms with Crippen LogP contribution in [0.25, 0.3) is 0 Å². The zero-order chi connectivity index (χ0) is 11.4. The summed E-state index contributed by atoms with van der Waals surface area (Å²) in [4.78, 5) is 8.12. The molecule has 0 aromatic carbocycles. The number of nitrogens with one attached hydrogen (secondary N) is 1. The number of nitriles is 1. The van der Waals surface area contributed by atoms with Gasteiger partial charge in [0.2, 0.25) is 0 Å². The van der Waals surface area contributed by atoms with Crippen molar-refractivity contribution >= 4 is 5.82 Å². The molecule has 2 rings (SSSR count). The summed E-state index contributed by atoms with van der Waals surface area (Å²) >= 11 is 0. The summed E-state index contributed by atoms with van der Waals surface area (Å²) in [6.45, 7) is 3.20. The number of aromatic nitrogens is 2. The van der Waals surface area contributed by atoms with E-state index in [-0.39, 0.29) is 0 Å². The highest BCUT2D eigenvalue weighted by molar-refractivity contribution is 5.33. The van der Waals surface area contributed by atoms with Crippen molar-refractivity contribution in [1.29, 1.82) is 5.26 Å². The van der Waals surface area contributed by atoms with Gasteiger partial charge in [-0.3, -0.25) is 0 Å². The van der Waals surface area contributed by atoms with Crippen molar-refractivity contribution in [2.45, 2.75) is 32.6 Å². The molecule has 1 aliphatic carbocycles. The Morgan fingerprint density at radius 3 is 2.75 bits per heavy atom. The Kier molecular flexibility index (Phi) is 3.04. The highest BCUT2D eigenvalue weighted by Gasteiger charge is 2.41. The average molecular weight is 216 g/mol. The molecular weight excluding hydrogens is 200 g/mol. The Morgan fingerprint density at radius 2 is 2.25 bits per heavy atom. The maximum Gasteiger partial charge on any atom is 0.158 e. The second-order valence-electron chi connectivity index (χ2n) is 4.50. The van der Waals surface area contributed by atoms with E-state index in [0.29, 0.717) is 11.1 Å². The van der Waals surface area contributed by atoms with Crippen LogP contribution < -0.4 is 5.32 Å². The summed E-state index contributed by atoms with van der Waals surface area (Å²) in [5, 5.41) is 11.9. The fourth-order valence-electron chi connectivity index (χ4n) is 1.98. The minimum Gasteiger partial charge on any atom is -0.368 e. The molecule has 0 spiro atoms. The summed E-state index contributed by atoms with van der Waals surface area (Å²) in [5.41, 5.74) is 0.866. The summed E-state index contributed by atoms with van der Waals surface area (Å²) in [6.07, 6.45) is 8.28. The van der Waals surface area contributed by atoms with Crippen molar-refractivity contribution in [3.8, 4) is 6.07 Å². The number of rotatable bonds is 5. The van der Waals surface area contributed by atoms with E-state index in [9.17, 15) is 0 Å². The van der Waals surface area contributed by atoms with E-state index in [4.69, 9.17) is 5.26 Å². The monoisotopic (exact) mass is 216 g/mol. The van der Waals surface area contributed by atoms with Gasteiger partial charge in [0.1, 0.15) is 11.9 Å². The van der Waals surface area contributed by atoms with E-state index in [1.807, 2.05) is 6.07 Å². The summed E-state index contributed by atoms with van der Waals surface area (Å²) in [6, 6.07) is 1.96. The van der Waals surface area contributed by atoms with Crippen molar-refractivity contribution < 1.29 is 0 Å². The third kappa shape index (κ3) is 2.48. The third-order valence-electron chi connectivity index (χ3n) is 3.15. The zero-order valence-electron chi connectivity index (χ0n) is 9.53. The molecule has 0 atom stereocenters. The van der Waals surface area contributed by atoms with Crippen LogP contribution in [0.4, 0.5) is 5.82 Å². The van der Waals surface area contributed by atoms with Gasteiger partial charge in [0.25, 0.3) is 0 Å². The molecule has 1 N–H and O–H groups in total. The van der Waals surface area contributed by atoms with Gasteiger partial charge in [0.05, 0.1) is 12.4 Å². The quantitative estimate of drug-likeness (QED) is 0.820. The number of hydrogen-bond acceptors (Lipinski definition) is 4. The predicted octanol–water partition coefficient (Wildman–Crippen LogP) is 2.34. The topological polar surface area (TPSA) is 61.6 Å². The fraction of sp³-hybridized carbons (Fsp3) is 0.583. The molecule has 4 nitrogen and oxygen atoms in total. The molecule has 0 saturated heterocycles. The Morgan fingerprint density at radius 1 is 1.44 bits per heavy atom. The molecule has 1 saturated carbocycles.